The third-order valence-electron chi connectivity index (χ3n) is 4.36. The normalized spacial score (nSPS) is 22.4. The molecule has 114 valence electrons. The summed E-state index contributed by atoms with van der Waals surface area (Å²) < 4.78 is 11.5. The highest BCUT2D eigenvalue weighted by Gasteiger charge is 2.47. The number of ether oxygens (including phenoxy) is 2. The van der Waals surface area contributed by atoms with Crippen LogP contribution in [0, 0.1) is 0 Å². The molecule has 2 aliphatic rings. The number of benzene rings is 2. The Bertz CT molecular complexity index is 639. The van der Waals surface area contributed by atoms with Gasteiger partial charge in [-0.15, -0.1) is 0 Å². The summed E-state index contributed by atoms with van der Waals surface area (Å²) in [6.07, 6.45) is 0. The molecule has 0 amide bonds. The molecule has 1 unspecified atom stereocenters. The van der Waals surface area contributed by atoms with Gasteiger partial charge in [-0.05, 0) is 22.3 Å². The van der Waals surface area contributed by atoms with Crippen molar-refractivity contribution in [2.24, 2.45) is 0 Å². The van der Waals surface area contributed by atoms with Gasteiger partial charge in [-0.2, -0.15) is 12.6 Å². The zero-order chi connectivity index (χ0) is 15.0. The van der Waals surface area contributed by atoms with Crippen molar-refractivity contribution >= 4 is 12.6 Å². The van der Waals surface area contributed by atoms with Crippen LogP contribution in [0.3, 0.4) is 0 Å². The first-order valence-corrected chi connectivity index (χ1v) is 8.28. The number of rotatable bonds is 6. The van der Waals surface area contributed by atoms with Crippen LogP contribution in [-0.4, -0.2) is 31.4 Å². The quantitative estimate of drug-likeness (QED) is 0.489. The van der Waals surface area contributed by atoms with Gasteiger partial charge in [0.1, 0.15) is 6.61 Å². The molecule has 0 spiro atoms. The first-order chi connectivity index (χ1) is 10.8. The number of fused-ring (bicyclic) bond motifs is 3. The van der Waals surface area contributed by atoms with Gasteiger partial charge in [0.25, 0.3) is 5.91 Å². The minimum atomic E-state index is -0.588. The Kier molecular flexibility index (Phi) is 3.70. The molecule has 1 aliphatic heterocycles. The predicted octanol–water partition coefficient (Wildman–Crippen LogP) is 3.02. The average Bonchev–Trinajstić information content (AvgIpc) is 3.27. The highest BCUT2D eigenvalue weighted by Crippen LogP contribution is 2.45. The molecule has 0 saturated carbocycles. The van der Waals surface area contributed by atoms with E-state index in [1.165, 1.54) is 22.3 Å². The van der Waals surface area contributed by atoms with Gasteiger partial charge in [-0.3, -0.25) is 5.32 Å². The molecule has 22 heavy (non-hydrogen) atoms. The summed E-state index contributed by atoms with van der Waals surface area (Å²) in [7, 11) is 0. The van der Waals surface area contributed by atoms with E-state index >= 15 is 0 Å². The lowest BCUT2D eigenvalue weighted by atomic mass is 9.98. The van der Waals surface area contributed by atoms with Gasteiger partial charge >= 0.3 is 0 Å². The van der Waals surface area contributed by atoms with Crippen molar-refractivity contribution in [3.8, 4) is 11.1 Å². The van der Waals surface area contributed by atoms with E-state index < -0.39 is 5.91 Å². The SMILES string of the molecule is SCCNC1(OCC2c3ccccc3-c3ccccc32)CO1. The van der Waals surface area contributed by atoms with E-state index in [4.69, 9.17) is 9.47 Å². The van der Waals surface area contributed by atoms with Crippen molar-refractivity contribution in [3.05, 3.63) is 59.7 Å². The zero-order valence-corrected chi connectivity index (χ0v) is 13.2. The van der Waals surface area contributed by atoms with E-state index in [1.54, 1.807) is 0 Å². The topological polar surface area (TPSA) is 33.8 Å². The molecule has 1 aliphatic carbocycles. The van der Waals surface area contributed by atoms with Gasteiger partial charge in [0.05, 0.1) is 6.61 Å². The van der Waals surface area contributed by atoms with Gasteiger partial charge in [0.2, 0.25) is 0 Å². The molecule has 4 heteroatoms. The molecule has 3 nitrogen and oxygen atoms in total. The number of thiol groups is 1. The fourth-order valence-electron chi connectivity index (χ4n) is 3.21. The van der Waals surface area contributed by atoms with Gasteiger partial charge in [-0.1, -0.05) is 48.5 Å². The summed E-state index contributed by atoms with van der Waals surface area (Å²) in [6, 6.07) is 17.2. The fourth-order valence-corrected chi connectivity index (χ4v) is 3.32. The van der Waals surface area contributed by atoms with Crippen LogP contribution < -0.4 is 5.32 Å². The third kappa shape index (κ3) is 2.46. The molecule has 1 heterocycles. The number of epoxide rings is 1. The summed E-state index contributed by atoms with van der Waals surface area (Å²) in [5, 5.41) is 3.27. The van der Waals surface area contributed by atoms with Crippen LogP contribution in [0.4, 0.5) is 0 Å². The van der Waals surface area contributed by atoms with E-state index in [2.05, 4.69) is 66.5 Å². The zero-order valence-electron chi connectivity index (χ0n) is 12.3. The van der Waals surface area contributed by atoms with E-state index in [-0.39, 0.29) is 5.92 Å². The molecule has 1 fully saturated rings. The number of nitrogens with one attached hydrogen (secondary N) is 1. The lowest BCUT2D eigenvalue weighted by molar-refractivity contribution is -0.0680. The summed E-state index contributed by atoms with van der Waals surface area (Å²) in [5.74, 6) is 0.449. The number of hydrogen-bond donors (Lipinski definition) is 2. The van der Waals surface area contributed by atoms with Crippen molar-refractivity contribution in [2.45, 2.75) is 11.8 Å². The van der Waals surface area contributed by atoms with E-state index in [0.29, 0.717) is 13.2 Å². The Morgan fingerprint density at radius 2 is 1.68 bits per heavy atom. The maximum absolute atomic E-state index is 6.07. The van der Waals surface area contributed by atoms with E-state index in [0.717, 1.165) is 12.3 Å². The van der Waals surface area contributed by atoms with Crippen molar-refractivity contribution in [2.75, 3.05) is 25.5 Å². The van der Waals surface area contributed by atoms with E-state index in [9.17, 15) is 0 Å². The monoisotopic (exact) mass is 313 g/mol. The molecule has 2 aromatic carbocycles. The first-order valence-electron chi connectivity index (χ1n) is 7.65. The Balaban J connectivity index is 1.57. The summed E-state index contributed by atoms with van der Waals surface area (Å²) in [6.45, 7) is 2.01. The molecular formula is C18H19NO2S. The molecular weight excluding hydrogens is 294 g/mol. The molecule has 2 aromatic rings. The third-order valence-corrected chi connectivity index (χ3v) is 4.58. The molecule has 1 atom stereocenters. The number of hydrogen-bond acceptors (Lipinski definition) is 4. The Morgan fingerprint density at radius 1 is 1.09 bits per heavy atom. The highest BCUT2D eigenvalue weighted by molar-refractivity contribution is 7.80. The second-order valence-electron chi connectivity index (χ2n) is 5.73. The lowest BCUT2D eigenvalue weighted by Gasteiger charge is -2.19. The van der Waals surface area contributed by atoms with Crippen LogP contribution in [0.25, 0.3) is 11.1 Å². The van der Waals surface area contributed by atoms with Crippen LogP contribution >= 0.6 is 12.6 Å². The van der Waals surface area contributed by atoms with Crippen LogP contribution in [0.15, 0.2) is 48.5 Å². The maximum Gasteiger partial charge on any atom is 0.252 e. The summed E-state index contributed by atoms with van der Waals surface area (Å²) >= 11 is 4.22. The van der Waals surface area contributed by atoms with Crippen LogP contribution in [-0.2, 0) is 9.47 Å². The molecule has 1 saturated heterocycles. The lowest BCUT2D eigenvalue weighted by Crippen LogP contribution is -2.38. The molecule has 0 radical (unpaired) electrons. The second-order valence-corrected chi connectivity index (χ2v) is 6.18. The van der Waals surface area contributed by atoms with Crippen molar-refractivity contribution in [1.82, 2.24) is 5.32 Å². The highest BCUT2D eigenvalue weighted by atomic mass is 32.1. The molecule has 1 N–H and O–H groups in total. The first kappa shape index (κ1) is 14.3. The van der Waals surface area contributed by atoms with Crippen molar-refractivity contribution in [1.29, 1.82) is 0 Å². The van der Waals surface area contributed by atoms with E-state index in [1.807, 2.05) is 0 Å². The summed E-state index contributed by atoms with van der Waals surface area (Å²) in [4.78, 5) is 0. The Morgan fingerprint density at radius 3 is 2.23 bits per heavy atom. The molecule has 0 aromatic heterocycles. The second kappa shape index (κ2) is 5.70. The van der Waals surface area contributed by atoms with Crippen molar-refractivity contribution < 1.29 is 9.47 Å². The van der Waals surface area contributed by atoms with Gasteiger partial charge in [-0.25, -0.2) is 0 Å². The van der Waals surface area contributed by atoms with Crippen LogP contribution in [0.1, 0.15) is 17.0 Å². The summed E-state index contributed by atoms with van der Waals surface area (Å²) in [5.41, 5.74) is 5.32. The maximum atomic E-state index is 6.07. The predicted molar refractivity (Wildman–Crippen MR) is 90.2 cm³/mol. The Labute approximate surface area is 136 Å². The molecule has 0 bridgehead atoms. The molecule has 4 rings (SSSR count). The average molecular weight is 313 g/mol. The van der Waals surface area contributed by atoms with Gasteiger partial charge < -0.3 is 9.47 Å². The van der Waals surface area contributed by atoms with Crippen LogP contribution in [0.5, 0.6) is 0 Å². The van der Waals surface area contributed by atoms with Gasteiger partial charge in [0.15, 0.2) is 0 Å². The Hall–Kier alpha value is -1.33. The minimum absolute atomic E-state index is 0.270. The van der Waals surface area contributed by atoms with Gasteiger partial charge in [0, 0.05) is 18.2 Å². The fraction of sp³-hybridized carbons (Fsp3) is 0.333. The standard InChI is InChI=1S/C18H19NO2S/c22-10-9-19-18(12-21-18)20-11-17-15-7-3-1-5-13(15)14-6-2-4-8-16(14)17/h1-8,17,19,22H,9-12H2. The smallest absolute Gasteiger partial charge is 0.252 e. The minimum Gasteiger partial charge on any atom is -0.335 e. The van der Waals surface area contributed by atoms with Crippen LogP contribution in [0.2, 0.25) is 0 Å². The largest absolute Gasteiger partial charge is 0.335 e. The van der Waals surface area contributed by atoms with Crippen molar-refractivity contribution in [3.63, 3.8) is 0 Å².